The molecule has 0 aliphatic heterocycles. The summed E-state index contributed by atoms with van der Waals surface area (Å²) in [6.45, 7) is 0.365. The molecule has 0 radical (unpaired) electrons. The Hall–Kier alpha value is -1.44. The molecule has 0 bridgehead atoms. The van der Waals surface area contributed by atoms with Crippen LogP contribution in [-0.4, -0.2) is 19.9 Å². The minimum Gasteiger partial charge on any atom is -0.384 e. The second-order valence-electron chi connectivity index (χ2n) is 3.70. The van der Waals surface area contributed by atoms with Crippen LogP contribution in [0, 0.1) is 0 Å². The largest absolute Gasteiger partial charge is 0.384 e. The number of nitrogens with one attached hydrogen (secondary N) is 1. The van der Waals surface area contributed by atoms with Crippen molar-refractivity contribution in [3.8, 4) is 0 Å². The second kappa shape index (κ2) is 5.47. The van der Waals surface area contributed by atoms with Crippen molar-refractivity contribution in [2.24, 2.45) is 0 Å². The van der Waals surface area contributed by atoms with Gasteiger partial charge in [0.05, 0.1) is 0 Å². The number of nitrogen functional groups attached to an aromatic ring is 1. The fraction of sp³-hybridized carbons (Fsp3) is 0.182. The van der Waals surface area contributed by atoms with Crippen molar-refractivity contribution in [2.75, 3.05) is 12.3 Å². The van der Waals surface area contributed by atoms with E-state index in [0.29, 0.717) is 18.8 Å². The Kier molecular flexibility index (Phi) is 3.95. The molecular formula is C11H13N3O2S2. The number of aromatic nitrogens is 1. The second-order valence-corrected chi connectivity index (χ2v) is 6.25. The number of sulfonamides is 1. The first-order valence-corrected chi connectivity index (χ1v) is 7.73. The van der Waals surface area contributed by atoms with Gasteiger partial charge in [-0.05, 0) is 40.9 Å². The van der Waals surface area contributed by atoms with Crippen LogP contribution in [0.25, 0.3) is 0 Å². The fourth-order valence-corrected chi connectivity index (χ4v) is 3.08. The number of pyridine rings is 1. The minimum absolute atomic E-state index is 0.127. The SMILES string of the molecule is Nc1ccc(S(=O)(=O)NCCc2ccsc2)cn1. The maximum absolute atomic E-state index is 11.9. The van der Waals surface area contributed by atoms with Gasteiger partial charge in [0, 0.05) is 12.7 Å². The van der Waals surface area contributed by atoms with Gasteiger partial charge in [0.1, 0.15) is 10.7 Å². The van der Waals surface area contributed by atoms with Gasteiger partial charge >= 0.3 is 0 Å². The number of hydrogen-bond acceptors (Lipinski definition) is 5. The Morgan fingerprint density at radius 1 is 1.33 bits per heavy atom. The predicted molar refractivity (Wildman–Crippen MR) is 71.9 cm³/mol. The van der Waals surface area contributed by atoms with E-state index in [2.05, 4.69) is 9.71 Å². The molecule has 0 saturated carbocycles. The molecule has 2 rings (SSSR count). The molecule has 96 valence electrons. The highest BCUT2D eigenvalue weighted by Crippen LogP contribution is 2.09. The lowest BCUT2D eigenvalue weighted by atomic mass is 10.2. The van der Waals surface area contributed by atoms with Gasteiger partial charge in [-0.2, -0.15) is 11.3 Å². The summed E-state index contributed by atoms with van der Waals surface area (Å²) in [7, 11) is -3.49. The molecule has 0 unspecified atom stereocenters. The monoisotopic (exact) mass is 283 g/mol. The smallest absolute Gasteiger partial charge is 0.242 e. The van der Waals surface area contributed by atoms with Crippen LogP contribution in [0.5, 0.6) is 0 Å². The Morgan fingerprint density at radius 3 is 2.78 bits per heavy atom. The van der Waals surface area contributed by atoms with Crippen LogP contribution in [0.4, 0.5) is 5.82 Å². The molecule has 5 nitrogen and oxygen atoms in total. The highest BCUT2D eigenvalue weighted by atomic mass is 32.2. The minimum atomic E-state index is -3.49. The van der Waals surface area contributed by atoms with Crippen molar-refractivity contribution in [2.45, 2.75) is 11.3 Å². The van der Waals surface area contributed by atoms with Gasteiger partial charge in [-0.25, -0.2) is 18.1 Å². The number of nitrogens with two attached hydrogens (primary N) is 1. The van der Waals surface area contributed by atoms with Crippen molar-refractivity contribution >= 4 is 27.2 Å². The fourth-order valence-electron chi connectivity index (χ4n) is 1.40. The first kappa shape index (κ1) is 13.0. The van der Waals surface area contributed by atoms with E-state index in [4.69, 9.17) is 5.73 Å². The third-order valence-electron chi connectivity index (χ3n) is 2.36. The van der Waals surface area contributed by atoms with Crippen LogP contribution in [0.15, 0.2) is 40.1 Å². The van der Waals surface area contributed by atoms with Crippen LogP contribution in [-0.2, 0) is 16.4 Å². The molecule has 18 heavy (non-hydrogen) atoms. The van der Waals surface area contributed by atoms with Gasteiger partial charge < -0.3 is 5.73 Å². The number of nitrogens with zero attached hydrogens (tertiary/aromatic N) is 1. The predicted octanol–water partition coefficient (Wildman–Crippen LogP) is 1.25. The molecule has 2 aromatic rings. The molecular weight excluding hydrogens is 270 g/mol. The summed E-state index contributed by atoms with van der Waals surface area (Å²) < 4.78 is 26.3. The molecule has 0 amide bonds. The first-order chi connectivity index (χ1) is 8.58. The zero-order chi connectivity index (χ0) is 13.0. The first-order valence-electron chi connectivity index (χ1n) is 5.30. The van der Waals surface area contributed by atoms with Crippen LogP contribution >= 0.6 is 11.3 Å². The summed E-state index contributed by atoms with van der Waals surface area (Å²) in [4.78, 5) is 3.89. The number of hydrogen-bond donors (Lipinski definition) is 2. The lowest BCUT2D eigenvalue weighted by Crippen LogP contribution is -2.26. The van der Waals surface area contributed by atoms with Crippen molar-refractivity contribution in [1.29, 1.82) is 0 Å². The average Bonchev–Trinajstić information content (AvgIpc) is 2.82. The molecule has 0 aliphatic rings. The van der Waals surface area contributed by atoms with Crippen LogP contribution in [0.3, 0.4) is 0 Å². The van der Waals surface area contributed by atoms with E-state index in [1.54, 1.807) is 11.3 Å². The maximum atomic E-state index is 11.9. The Bertz CT molecular complexity index is 592. The quantitative estimate of drug-likeness (QED) is 0.864. The van der Waals surface area contributed by atoms with Gasteiger partial charge in [0.2, 0.25) is 10.0 Å². The van der Waals surface area contributed by atoms with E-state index in [1.165, 1.54) is 18.3 Å². The van der Waals surface area contributed by atoms with Crippen molar-refractivity contribution in [3.63, 3.8) is 0 Å². The normalized spacial score (nSPS) is 11.6. The number of anilines is 1. The maximum Gasteiger partial charge on any atom is 0.242 e. The summed E-state index contributed by atoms with van der Waals surface area (Å²) in [5.41, 5.74) is 6.53. The van der Waals surface area contributed by atoms with Gasteiger partial charge in [0.25, 0.3) is 0 Å². The van der Waals surface area contributed by atoms with Crippen LogP contribution < -0.4 is 10.5 Å². The summed E-state index contributed by atoms with van der Waals surface area (Å²) in [5, 5.41) is 3.97. The molecule has 2 aromatic heterocycles. The zero-order valence-corrected chi connectivity index (χ0v) is 11.2. The summed E-state index contributed by atoms with van der Waals surface area (Å²) in [5.74, 6) is 0.298. The molecule has 2 heterocycles. The van der Waals surface area contributed by atoms with Crippen molar-refractivity contribution < 1.29 is 8.42 Å². The van der Waals surface area contributed by atoms with E-state index >= 15 is 0 Å². The third-order valence-corrected chi connectivity index (χ3v) is 4.53. The Labute approximate surface area is 110 Å². The Balaban J connectivity index is 1.97. The third kappa shape index (κ3) is 3.28. The van der Waals surface area contributed by atoms with Crippen molar-refractivity contribution in [3.05, 3.63) is 40.7 Å². The molecule has 0 atom stereocenters. The highest BCUT2D eigenvalue weighted by Gasteiger charge is 2.13. The van der Waals surface area contributed by atoms with Crippen molar-refractivity contribution in [1.82, 2.24) is 9.71 Å². The van der Waals surface area contributed by atoms with Crippen LogP contribution in [0.2, 0.25) is 0 Å². The molecule has 0 fully saturated rings. The van der Waals surface area contributed by atoms with Gasteiger partial charge in [-0.15, -0.1) is 0 Å². The standard InChI is InChI=1S/C11H13N3O2S2/c12-11-2-1-10(7-13-11)18(15,16)14-5-3-9-4-6-17-8-9/h1-2,4,6-8,14H,3,5H2,(H2,12,13). The summed E-state index contributed by atoms with van der Waals surface area (Å²) >= 11 is 1.59. The number of rotatable bonds is 5. The van der Waals surface area contributed by atoms with Gasteiger partial charge in [-0.1, -0.05) is 0 Å². The Morgan fingerprint density at radius 2 is 2.17 bits per heavy atom. The molecule has 0 spiro atoms. The summed E-state index contributed by atoms with van der Waals surface area (Å²) in [6.07, 6.45) is 1.92. The van der Waals surface area contributed by atoms with Gasteiger partial charge in [0.15, 0.2) is 0 Å². The van der Waals surface area contributed by atoms with Gasteiger partial charge in [-0.3, -0.25) is 0 Å². The highest BCUT2D eigenvalue weighted by molar-refractivity contribution is 7.89. The topological polar surface area (TPSA) is 85.1 Å². The summed E-state index contributed by atoms with van der Waals surface area (Å²) in [6, 6.07) is 4.88. The van der Waals surface area contributed by atoms with E-state index in [0.717, 1.165) is 5.56 Å². The van der Waals surface area contributed by atoms with E-state index in [9.17, 15) is 8.42 Å². The molecule has 3 N–H and O–H groups in total. The number of thiophene rings is 1. The lowest BCUT2D eigenvalue weighted by molar-refractivity contribution is 0.581. The van der Waals surface area contributed by atoms with E-state index in [1.807, 2.05) is 16.8 Å². The zero-order valence-electron chi connectivity index (χ0n) is 9.54. The van der Waals surface area contributed by atoms with Crippen LogP contribution in [0.1, 0.15) is 5.56 Å². The average molecular weight is 283 g/mol. The van der Waals surface area contributed by atoms with E-state index in [-0.39, 0.29) is 4.90 Å². The van der Waals surface area contributed by atoms with E-state index < -0.39 is 10.0 Å². The molecule has 0 aromatic carbocycles. The lowest BCUT2D eigenvalue weighted by Gasteiger charge is -2.05. The molecule has 0 saturated heterocycles. The molecule has 0 aliphatic carbocycles. The molecule has 7 heteroatoms.